The van der Waals surface area contributed by atoms with Crippen molar-refractivity contribution in [1.82, 2.24) is 5.32 Å². The number of rotatable bonds is 7. The normalized spacial score (nSPS) is 10.4. The van der Waals surface area contributed by atoms with E-state index in [0.29, 0.717) is 0 Å². The highest BCUT2D eigenvalue weighted by Crippen LogP contribution is 2.22. The molecule has 3 nitrogen and oxygen atoms in total. The van der Waals surface area contributed by atoms with Crippen molar-refractivity contribution < 1.29 is 9.47 Å². The summed E-state index contributed by atoms with van der Waals surface area (Å²) in [5.41, 5.74) is 1.08. The van der Waals surface area contributed by atoms with Gasteiger partial charge in [0.25, 0.3) is 0 Å². The summed E-state index contributed by atoms with van der Waals surface area (Å²) in [6.07, 6.45) is 0.999. The van der Waals surface area contributed by atoms with Gasteiger partial charge in [-0.25, -0.2) is 0 Å². The Bertz CT molecular complexity index is 318. The average Bonchev–Trinajstić information content (AvgIpc) is 2.29. The molecule has 0 aliphatic heterocycles. The standard InChI is InChI=1S/C12H18ClNO2/c1-15-7-3-6-14-9-10-8-11(13)4-5-12(10)16-2/h4-5,8,14H,3,6-7,9H2,1-2H3. The van der Waals surface area contributed by atoms with Crippen molar-refractivity contribution >= 4 is 11.6 Å². The van der Waals surface area contributed by atoms with Crippen LogP contribution < -0.4 is 10.1 Å². The van der Waals surface area contributed by atoms with Crippen molar-refractivity contribution in [3.8, 4) is 5.75 Å². The van der Waals surface area contributed by atoms with Gasteiger partial charge in [-0.05, 0) is 31.2 Å². The van der Waals surface area contributed by atoms with Crippen LogP contribution in [0.3, 0.4) is 0 Å². The molecule has 0 atom stereocenters. The summed E-state index contributed by atoms with van der Waals surface area (Å²) in [6.45, 7) is 2.45. The van der Waals surface area contributed by atoms with E-state index in [2.05, 4.69) is 5.32 Å². The van der Waals surface area contributed by atoms with Gasteiger partial charge < -0.3 is 14.8 Å². The van der Waals surface area contributed by atoms with Crippen LogP contribution in [0.2, 0.25) is 5.02 Å². The molecule has 1 aromatic rings. The van der Waals surface area contributed by atoms with Gasteiger partial charge in [-0.15, -0.1) is 0 Å². The van der Waals surface area contributed by atoms with Gasteiger partial charge in [0, 0.05) is 30.8 Å². The van der Waals surface area contributed by atoms with Crippen LogP contribution in [0.15, 0.2) is 18.2 Å². The number of halogens is 1. The molecule has 0 fully saturated rings. The van der Waals surface area contributed by atoms with Gasteiger partial charge >= 0.3 is 0 Å². The highest BCUT2D eigenvalue weighted by Gasteiger charge is 2.02. The van der Waals surface area contributed by atoms with Crippen LogP contribution in [0.1, 0.15) is 12.0 Å². The summed E-state index contributed by atoms with van der Waals surface area (Å²) < 4.78 is 10.2. The lowest BCUT2D eigenvalue weighted by atomic mass is 10.2. The number of nitrogens with one attached hydrogen (secondary N) is 1. The highest BCUT2D eigenvalue weighted by molar-refractivity contribution is 6.30. The zero-order chi connectivity index (χ0) is 11.8. The molecule has 1 aromatic carbocycles. The fourth-order valence-corrected chi connectivity index (χ4v) is 1.64. The van der Waals surface area contributed by atoms with Gasteiger partial charge in [-0.1, -0.05) is 11.6 Å². The molecule has 1 rings (SSSR count). The molecule has 0 heterocycles. The van der Waals surface area contributed by atoms with Crippen molar-refractivity contribution in [2.45, 2.75) is 13.0 Å². The maximum absolute atomic E-state index is 5.93. The van der Waals surface area contributed by atoms with E-state index in [4.69, 9.17) is 21.1 Å². The topological polar surface area (TPSA) is 30.5 Å². The fourth-order valence-electron chi connectivity index (χ4n) is 1.45. The first-order chi connectivity index (χ1) is 7.77. The molecule has 0 bridgehead atoms. The van der Waals surface area contributed by atoms with Crippen molar-refractivity contribution in [3.63, 3.8) is 0 Å². The monoisotopic (exact) mass is 243 g/mol. The van der Waals surface area contributed by atoms with E-state index in [1.165, 1.54) is 0 Å². The zero-order valence-electron chi connectivity index (χ0n) is 9.75. The van der Waals surface area contributed by atoms with E-state index in [-0.39, 0.29) is 0 Å². The molecule has 0 unspecified atom stereocenters. The van der Waals surface area contributed by atoms with E-state index in [1.54, 1.807) is 14.2 Å². The van der Waals surface area contributed by atoms with Gasteiger partial charge in [0.2, 0.25) is 0 Å². The molecule has 90 valence electrons. The predicted molar refractivity (Wildman–Crippen MR) is 66.2 cm³/mol. The molecule has 4 heteroatoms. The van der Waals surface area contributed by atoms with Gasteiger partial charge in [-0.3, -0.25) is 0 Å². The minimum atomic E-state index is 0.731. The third-order valence-corrected chi connectivity index (χ3v) is 2.50. The first kappa shape index (κ1) is 13.3. The van der Waals surface area contributed by atoms with E-state index in [0.717, 1.165) is 42.5 Å². The van der Waals surface area contributed by atoms with Crippen LogP contribution >= 0.6 is 11.6 Å². The molecule has 0 saturated carbocycles. The minimum absolute atomic E-state index is 0.731. The lowest BCUT2D eigenvalue weighted by Crippen LogP contribution is -2.16. The van der Waals surface area contributed by atoms with Crippen molar-refractivity contribution in [3.05, 3.63) is 28.8 Å². The maximum atomic E-state index is 5.93. The average molecular weight is 244 g/mol. The van der Waals surface area contributed by atoms with Crippen molar-refractivity contribution in [1.29, 1.82) is 0 Å². The summed E-state index contributed by atoms with van der Waals surface area (Å²) >= 11 is 5.93. The van der Waals surface area contributed by atoms with Crippen molar-refractivity contribution in [2.24, 2.45) is 0 Å². The summed E-state index contributed by atoms with van der Waals surface area (Å²) in [6, 6.07) is 5.63. The third-order valence-electron chi connectivity index (χ3n) is 2.26. The number of methoxy groups -OCH3 is 2. The van der Waals surface area contributed by atoms with Gasteiger partial charge in [0.05, 0.1) is 7.11 Å². The molecule has 0 amide bonds. The van der Waals surface area contributed by atoms with E-state index < -0.39 is 0 Å². The zero-order valence-corrected chi connectivity index (χ0v) is 10.5. The molecule has 0 aliphatic rings. The lowest BCUT2D eigenvalue weighted by molar-refractivity contribution is 0.194. The summed E-state index contributed by atoms with van der Waals surface area (Å²) in [4.78, 5) is 0. The fraction of sp³-hybridized carbons (Fsp3) is 0.500. The Kier molecular flexibility index (Phi) is 6.23. The molecule has 1 N–H and O–H groups in total. The van der Waals surface area contributed by atoms with Crippen LogP contribution in [0.5, 0.6) is 5.75 Å². The van der Waals surface area contributed by atoms with Crippen LogP contribution in [0.25, 0.3) is 0 Å². The Balaban J connectivity index is 2.42. The molecular formula is C12H18ClNO2. The Labute approximate surface area is 102 Å². The van der Waals surface area contributed by atoms with Crippen LogP contribution in [-0.2, 0) is 11.3 Å². The molecule has 0 aliphatic carbocycles. The molecule has 16 heavy (non-hydrogen) atoms. The summed E-state index contributed by atoms with van der Waals surface area (Å²) in [7, 11) is 3.37. The number of ether oxygens (including phenoxy) is 2. The lowest BCUT2D eigenvalue weighted by Gasteiger charge is -2.09. The number of benzene rings is 1. The first-order valence-corrected chi connectivity index (χ1v) is 5.67. The van der Waals surface area contributed by atoms with Gasteiger partial charge in [-0.2, -0.15) is 0 Å². The van der Waals surface area contributed by atoms with Gasteiger partial charge in [0.1, 0.15) is 5.75 Å². The van der Waals surface area contributed by atoms with E-state index in [1.807, 2.05) is 18.2 Å². The largest absolute Gasteiger partial charge is 0.496 e. The molecular weight excluding hydrogens is 226 g/mol. The predicted octanol–water partition coefficient (Wildman–Crippen LogP) is 2.47. The smallest absolute Gasteiger partial charge is 0.123 e. The molecule has 0 saturated heterocycles. The number of hydrogen-bond donors (Lipinski definition) is 1. The second-order valence-electron chi connectivity index (χ2n) is 3.48. The maximum Gasteiger partial charge on any atom is 0.123 e. The Morgan fingerprint density at radius 2 is 2.12 bits per heavy atom. The Morgan fingerprint density at radius 3 is 2.81 bits per heavy atom. The molecule has 0 radical (unpaired) electrons. The highest BCUT2D eigenvalue weighted by atomic mass is 35.5. The molecule has 0 aromatic heterocycles. The second kappa shape index (κ2) is 7.49. The van der Waals surface area contributed by atoms with Crippen LogP contribution in [0, 0.1) is 0 Å². The van der Waals surface area contributed by atoms with E-state index >= 15 is 0 Å². The first-order valence-electron chi connectivity index (χ1n) is 5.30. The summed E-state index contributed by atoms with van der Waals surface area (Å²) in [5, 5.41) is 4.05. The van der Waals surface area contributed by atoms with E-state index in [9.17, 15) is 0 Å². The Morgan fingerprint density at radius 1 is 1.31 bits per heavy atom. The van der Waals surface area contributed by atoms with Crippen LogP contribution in [0.4, 0.5) is 0 Å². The van der Waals surface area contributed by atoms with Crippen molar-refractivity contribution in [2.75, 3.05) is 27.4 Å². The summed E-state index contributed by atoms with van der Waals surface area (Å²) in [5.74, 6) is 0.864. The SMILES string of the molecule is COCCCNCc1cc(Cl)ccc1OC. The number of hydrogen-bond acceptors (Lipinski definition) is 3. The second-order valence-corrected chi connectivity index (χ2v) is 3.92. The van der Waals surface area contributed by atoms with Crippen LogP contribution in [-0.4, -0.2) is 27.4 Å². The Hall–Kier alpha value is -0.770. The van der Waals surface area contributed by atoms with Gasteiger partial charge in [0.15, 0.2) is 0 Å². The third kappa shape index (κ3) is 4.39. The minimum Gasteiger partial charge on any atom is -0.496 e. The quantitative estimate of drug-likeness (QED) is 0.747. The molecule has 0 spiro atoms.